The summed E-state index contributed by atoms with van der Waals surface area (Å²) in [6, 6.07) is 11.5. The number of rotatable bonds is 7. The van der Waals surface area contributed by atoms with Gasteiger partial charge in [0, 0.05) is 19.8 Å². The second-order valence-corrected chi connectivity index (χ2v) is 8.09. The van der Waals surface area contributed by atoms with Crippen molar-refractivity contribution in [2.75, 3.05) is 39.8 Å². The van der Waals surface area contributed by atoms with Crippen LogP contribution in [0.3, 0.4) is 0 Å². The fraction of sp³-hybridized carbons (Fsp3) is 0.316. The smallest absolute Gasteiger partial charge is 0.243 e. The zero-order chi connectivity index (χ0) is 20.2. The van der Waals surface area contributed by atoms with Gasteiger partial charge in [-0.05, 0) is 55.0 Å². The van der Waals surface area contributed by atoms with E-state index in [1.54, 1.807) is 51.4 Å². The van der Waals surface area contributed by atoms with Crippen LogP contribution >= 0.6 is 0 Å². The minimum Gasteiger partial charge on any atom is -0.497 e. The van der Waals surface area contributed by atoms with E-state index in [1.165, 1.54) is 31.2 Å². The third kappa shape index (κ3) is 4.58. The van der Waals surface area contributed by atoms with Crippen molar-refractivity contribution in [2.45, 2.75) is 11.8 Å². The number of carbonyl (C=O) groups excluding carboxylic acids is 1. The zero-order valence-electron chi connectivity index (χ0n) is 16.1. The fourth-order valence-corrected chi connectivity index (χ4v) is 3.73. The standard InChI is InChI=1S/C19H24N2O5S/c1-14-12-17(10-11-18(14)26-5)27(23,24)20(2)13-19(22)21(3)15-6-8-16(25-4)9-7-15/h6-12H,13H2,1-5H3. The van der Waals surface area contributed by atoms with Gasteiger partial charge in [0.15, 0.2) is 0 Å². The minimum atomic E-state index is -3.80. The Morgan fingerprint density at radius 2 is 1.63 bits per heavy atom. The van der Waals surface area contributed by atoms with Crippen LogP contribution in [-0.4, -0.2) is 53.5 Å². The van der Waals surface area contributed by atoms with Crippen molar-refractivity contribution < 1.29 is 22.7 Å². The fourth-order valence-electron chi connectivity index (χ4n) is 2.52. The lowest BCUT2D eigenvalue weighted by atomic mass is 10.2. The van der Waals surface area contributed by atoms with Crippen molar-refractivity contribution in [1.82, 2.24) is 4.31 Å². The van der Waals surface area contributed by atoms with Crippen molar-refractivity contribution in [3.8, 4) is 11.5 Å². The maximum absolute atomic E-state index is 12.8. The molecule has 8 heteroatoms. The molecule has 0 atom stereocenters. The van der Waals surface area contributed by atoms with Gasteiger partial charge in [-0.3, -0.25) is 4.79 Å². The lowest BCUT2D eigenvalue weighted by molar-refractivity contribution is -0.118. The van der Waals surface area contributed by atoms with Gasteiger partial charge in [-0.1, -0.05) is 0 Å². The molecule has 0 radical (unpaired) electrons. The molecular formula is C19H24N2O5S. The van der Waals surface area contributed by atoms with Gasteiger partial charge in [-0.25, -0.2) is 8.42 Å². The number of hydrogen-bond acceptors (Lipinski definition) is 5. The average molecular weight is 392 g/mol. The second-order valence-electron chi connectivity index (χ2n) is 6.04. The maximum Gasteiger partial charge on any atom is 0.243 e. The van der Waals surface area contributed by atoms with Gasteiger partial charge >= 0.3 is 0 Å². The molecule has 0 saturated carbocycles. The van der Waals surface area contributed by atoms with Gasteiger partial charge in [0.05, 0.1) is 25.7 Å². The summed E-state index contributed by atoms with van der Waals surface area (Å²) in [4.78, 5) is 14.0. The molecule has 7 nitrogen and oxygen atoms in total. The molecule has 0 aromatic heterocycles. The van der Waals surface area contributed by atoms with E-state index in [9.17, 15) is 13.2 Å². The van der Waals surface area contributed by atoms with Crippen molar-refractivity contribution in [2.24, 2.45) is 0 Å². The lowest BCUT2D eigenvalue weighted by Crippen LogP contribution is -2.39. The Morgan fingerprint density at radius 1 is 1.00 bits per heavy atom. The number of anilines is 1. The average Bonchev–Trinajstić information content (AvgIpc) is 2.67. The highest BCUT2D eigenvalue weighted by Gasteiger charge is 2.25. The molecule has 0 N–H and O–H groups in total. The number of aryl methyl sites for hydroxylation is 1. The van der Waals surface area contributed by atoms with Crippen molar-refractivity contribution in [3.05, 3.63) is 48.0 Å². The van der Waals surface area contributed by atoms with E-state index in [2.05, 4.69) is 0 Å². The second kappa shape index (κ2) is 8.41. The number of methoxy groups -OCH3 is 2. The number of carbonyl (C=O) groups is 1. The third-order valence-electron chi connectivity index (χ3n) is 4.27. The first kappa shape index (κ1) is 20.7. The maximum atomic E-state index is 12.8. The van der Waals surface area contributed by atoms with Crippen LogP contribution in [0.1, 0.15) is 5.56 Å². The van der Waals surface area contributed by atoms with Gasteiger partial charge in [-0.2, -0.15) is 4.31 Å². The SMILES string of the molecule is COc1ccc(N(C)C(=O)CN(C)S(=O)(=O)c2ccc(OC)c(C)c2)cc1. The Balaban J connectivity index is 2.15. The van der Waals surface area contributed by atoms with E-state index in [0.29, 0.717) is 22.7 Å². The van der Waals surface area contributed by atoms with E-state index in [0.717, 1.165) is 4.31 Å². The summed E-state index contributed by atoms with van der Waals surface area (Å²) in [7, 11) is 2.27. The molecule has 0 fully saturated rings. The van der Waals surface area contributed by atoms with Gasteiger partial charge in [0.2, 0.25) is 15.9 Å². The quantitative estimate of drug-likeness (QED) is 0.723. The first-order chi connectivity index (χ1) is 12.7. The largest absolute Gasteiger partial charge is 0.497 e. The minimum absolute atomic E-state index is 0.114. The number of amides is 1. The Labute approximate surface area is 160 Å². The highest BCUT2D eigenvalue weighted by molar-refractivity contribution is 7.89. The normalized spacial score (nSPS) is 11.3. The lowest BCUT2D eigenvalue weighted by Gasteiger charge is -2.22. The Kier molecular flexibility index (Phi) is 6.45. The Bertz CT molecular complexity index is 910. The highest BCUT2D eigenvalue weighted by atomic mass is 32.2. The van der Waals surface area contributed by atoms with Crippen molar-refractivity contribution >= 4 is 21.6 Å². The predicted molar refractivity (Wildman–Crippen MR) is 104 cm³/mol. The van der Waals surface area contributed by atoms with E-state index in [-0.39, 0.29) is 17.3 Å². The van der Waals surface area contributed by atoms with Crippen LogP contribution in [0.4, 0.5) is 5.69 Å². The molecule has 146 valence electrons. The molecule has 0 heterocycles. The van der Waals surface area contributed by atoms with Gasteiger partial charge in [-0.15, -0.1) is 0 Å². The predicted octanol–water partition coefficient (Wildman–Crippen LogP) is 2.30. The number of hydrogen-bond donors (Lipinski definition) is 0. The molecule has 2 rings (SSSR count). The number of ether oxygens (including phenoxy) is 2. The van der Waals surface area contributed by atoms with Gasteiger partial charge < -0.3 is 14.4 Å². The molecule has 1 amide bonds. The monoisotopic (exact) mass is 392 g/mol. The Morgan fingerprint density at radius 3 is 2.15 bits per heavy atom. The van der Waals surface area contributed by atoms with Gasteiger partial charge in [0.25, 0.3) is 0 Å². The molecule has 0 unspecified atom stereocenters. The van der Waals surface area contributed by atoms with Crippen molar-refractivity contribution in [1.29, 1.82) is 0 Å². The topological polar surface area (TPSA) is 76.2 Å². The molecule has 27 heavy (non-hydrogen) atoms. The first-order valence-electron chi connectivity index (χ1n) is 8.22. The molecule has 0 aliphatic heterocycles. The van der Waals surface area contributed by atoms with Crippen LogP contribution in [0.15, 0.2) is 47.4 Å². The van der Waals surface area contributed by atoms with Crippen LogP contribution < -0.4 is 14.4 Å². The van der Waals surface area contributed by atoms with E-state index < -0.39 is 10.0 Å². The number of likely N-dealkylation sites (N-methyl/N-ethyl adjacent to an activating group) is 2. The number of sulfonamides is 1. The molecule has 2 aromatic rings. The van der Waals surface area contributed by atoms with Crippen LogP contribution in [0.5, 0.6) is 11.5 Å². The van der Waals surface area contributed by atoms with E-state index in [4.69, 9.17) is 9.47 Å². The summed E-state index contributed by atoms with van der Waals surface area (Å²) >= 11 is 0. The molecule has 2 aromatic carbocycles. The zero-order valence-corrected chi connectivity index (χ0v) is 16.9. The van der Waals surface area contributed by atoms with Gasteiger partial charge in [0.1, 0.15) is 11.5 Å². The summed E-state index contributed by atoms with van der Waals surface area (Å²) < 4.78 is 36.8. The summed E-state index contributed by atoms with van der Waals surface area (Å²) in [6.07, 6.45) is 0. The van der Waals surface area contributed by atoms with E-state index >= 15 is 0 Å². The summed E-state index contributed by atoms with van der Waals surface area (Å²) in [5.74, 6) is 0.928. The third-order valence-corrected chi connectivity index (χ3v) is 6.07. The summed E-state index contributed by atoms with van der Waals surface area (Å²) in [5, 5.41) is 0. The number of nitrogens with zero attached hydrogens (tertiary/aromatic N) is 2. The van der Waals surface area contributed by atoms with Crippen LogP contribution in [-0.2, 0) is 14.8 Å². The molecule has 0 saturated heterocycles. The first-order valence-corrected chi connectivity index (χ1v) is 9.66. The molecule has 0 spiro atoms. The number of benzene rings is 2. The van der Waals surface area contributed by atoms with E-state index in [1.807, 2.05) is 0 Å². The molecular weight excluding hydrogens is 368 g/mol. The summed E-state index contributed by atoms with van der Waals surface area (Å²) in [6.45, 7) is 1.48. The van der Waals surface area contributed by atoms with Crippen molar-refractivity contribution in [3.63, 3.8) is 0 Å². The van der Waals surface area contributed by atoms with Crippen LogP contribution in [0.2, 0.25) is 0 Å². The molecule has 0 aliphatic rings. The van der Waals surface area contributed by atoms with Crippen LogP contribution in [0.25, 0.3) is 0 Å². The Hall–Kier alpha value is -2.58. The molecule has 0 bridgehead atoms. The van der Waals surface area contributed by atoms with Crippen LogP contribution in [0, 0.1) is 6.92 Å². The highest BCUT2D eigenvalue weighted by Crippen LogP contribution is 2.24. The molecule has 0 aliphatic carbocycles. The summed E-state index contributed by atoms with van der Waals surface area (Å²) in [5.41, 5.74) is 1.35.